The van der Waals surface area contributed by atoms with Crippen LogP contribution in [0.4, 0.5) is 0 Å². The number of aliphatic imine (C=N–C) groups is 1. The molecule has 0 amide bonds. The zero-order valence-corrected chi connectivity index (χ0v) is 16.2. The van der Waals surface area contributed by atoms with Crippen molar-refractivity contribution in [1.29, 1.82) is 0 Å². The smallest absolute Gasteiger partial charge is 0.193 e. The van der Waals surface area contributed by atoms with Gasteiger partial charge in [-0.1, -0.05) is 6.92 Å². The molecule has 140 valence electrons. The van der Waals surface area contributed by atoms with Gasteiger partial charge in [0.2, 0.25) is 0 Å². The second-order valence-corrected chi connectivity index (χ2v) is 7.80. The Morgan fingerprint density at radius 1 is 1.33 bits per heavy atom. The van der Waals surface area contributed by atoms with Crippen molar-refractivity contribution >= 4 is 5.96 Å². The van der Waals surface area contributed by atoms with E-state index < -0.39 is 0 Å². The molecule has 2 rings (SSSR count). The SMILES string of the molecule is CN=C(NCC(C)(C)N1CCCC(C)C1)N1CCOC(COC)C1. The van der Waals surface area contributed by atoms with Crippen LogP contribution < -0.4 is 5.32 Å². The summed E-state index contributed by atoms with van der Waals surface area (Å²) in [7, 11) is 3.58. The molecule has 1 N–H and O–H groups in total. The van der Waals surface area contributed by atoms with E-state index in [0.29, 0.717) is 6.61 Å². The lowest BCUT2D eigenvalue weighted by atomic mass is 9.93. The average Bonchev–Trinajstić information content (AvgIpc) is 2.56. The molecule has 0 aromatic heterocycles. The zero-order valence-electron chi connectivity index (χ0n) is 16.2. The monoisotopic (exact) mass is 340 g/mol. The summed E-state index contributed by atoms with van der Waals surface area (Å²) in [5, 5.41) is 3.59. The summed E-state index contributed by atoms with van der Waals surface area (Å²) in [6.45, 7) is 13.4. The first-order valence-corrected chi connectivity index (χ1v) is 9.27. The highest BCUT2D eigenvalue weighted by Crippen LogP contribution is 2.23. The van der Waals surface area contributed by atoms with Crippen LogP contribution in [0.3, 0.4) is 0 Å². The average molecular weight is 341 g/mol. The molecule has 2 atom stereocenters. The maximum Gasteiger partial charge on any atom is 0.193 e. The normalized spacial score (nSPS) is 27.4. The molecular weight excluding hydrogens is 304 g/mol. The van der Waals surface area contributed by atoms with Crippen molar-refractivity contribution in [3.63, 3.8) is 0 Å². The van der Waals surface area contributed by atoms with Crippen LogP contribution in [0, 0.1) is 5.92 Å². The van der Waals surface area contributed by atoms with Crippen molar-refractivity contribution in [3.05, 3.63) is 0 Å². The molecule has 2 fully saturated rings. The molecule has 0 saturated carbocycles. The van der Waals surface area contributed by atoms with E-state index in [2.05, 4.69) is 40.9 Å². The second-order valence-electron chi connectivity index (χ2n) is 7.80. The molecular formula is C18H36N4O2. The van der Waals surface area contributed by atoms with Gasteiger partial charge >= 0.3 is 0 Å². The van der Waals surface area contributed by atoms with Crippen LogP contribution in [0.5, 0.6) is 0 Å². The Bertz CT molecular complexity index is 412. The van der Waals surface area contributed by atoms with Crippen LogP contribution in [-0.4, -0.2) is 87.5 Å². The Hall–Kier alpha value is -0.850. The van der Waals surface area contributed by atoms with Gasteiger partial charge in [0.05, 0.1) is 19.3 Å². The maximum absolute atomic E-state index is 5.74. The van der Waals surface area contributed by atoms with Gasteiger partial charge in [-0.05, 0) is 39.2 Å². The lowest BCUT2D eigenvalue weighted by Gasteiger charge is -2.44. The molecule has 2 aliphatic rings. The zero-order chi connectivity index (χ0) is 17.6. The van der Waals surface area contributed by atoms with Gasteiger partial charge in [0.15, 0.2) is 5.96 Å². The molecule has 2 unspecified atom stereocenters. The highest BCUT2D eigenvalue weighted by molar-refractivity contribution is 5.80. The van der Waals surface area contributed by atoms with E-state index in [1.54, 1.807) is 7.11 Å². The Morgan fingerprint density at radius 3 is 2.79 bits per heavy atom. The van der Waals surface area contributed by atoms with Crippen LogP contribution in [0.1, 0.15) is 33.6 Å². The highest BCUT2D eigenvalue weighted by Gasteiger charge is 2.31. The minimum atomic E-state index is 0.123. The number of guanidine groups is 1. The summed E-state index contributed by atoms with van der Waals surface area (Å²) in [6.07, 6.45) is 2.79. The topological polar surface area (TPSA) is 49.3 Å². The van der Waals surface area contributed by atoms with Gasteiger partial charge in [-0.15, -0.1) is 0 Å². The Morgan fingerprint density at radius 2 is 2.12 bits per heavy atom. The second kappa shape index (κ2) is 9.02. The molecule has 0 bridgehead atoms. The molecule has 0 aromatic rings. The summed E-state index contributed by atoms with van der Waals surface area (Å²) in [5.74, 6) is 1.77. The quantitative estimate of drug-likeness (QED) is 0.606. The predicted molar refractivity (Wildman–Crippen MR) is 98.6 cm³/mol. The van der Waals surface area contributed by atoms with Crippen molar-refractivity contribution in [2.24, 2.45) is 10.9 Å². The van der Waals surface area contributed by atoms with Gasteiger partial charge in [0.1, 0.15) is 0 Å². The largest absolute Gasteiger partial charge is 0.382 e. The van der Waals surface area contributed by atoms with E-state index in [4.69, 9.17) is 9.47 Å². The number of methoxy groups -OCH3 is 1. The van der Waals surface area contributed by atoms with Crippen LogP contribution in [-0.2, 0) is 9.47 Å². The third-order valence-corrected chi connectivity index (χ3v) is 5.19. The summed E-state index contributed by atoms with van der Waals surface area (Å²) in [5.41, 5.74) is 0.128. The summed E-state index contributed by atoms with van der Waals surface area (Å²) >= 11 is 0. The summed E-state index contributed by atoms with van der Waals surface area (Å²) < 4.78 is 11.0. The van der Waals surface area contributed by atoms with Crippen LogP contribution >= 0.6 is 0 Å². The number of hydrogen-bond acceptors (Lipinski definition) is 4. The molecule has 2 heterocycles. The van der Waals surface area contributed by atoms with E-state index >= 15 is 0 Å². The number of morpholine rings is 1. The van der Waals surface area contributed by atoms with E-state index in [9.17, 15) is 0 Å². The summed E-state index contributed by atoms with van der Waals surface area (Å²) in [4.78, 5) is 9.39. The summed E-state index contributed by atoms with van der Waals surface area (Å²) in [6, 6.07) is 0. The molecule has 2 saturated heterocycles. The Kier molecular flexibility index (Phi) is 7.32. The first kappa shape index (κ1) is 19.5. The Labute approximate surface area is 147 Å². The fraction of sp³-hybridized carbons (Fsp3) is 0.944. The molecule has 2 aliphatic heterocycles. The number of nitrogens with one attached hydrogen (secondary N) is 1. The predicted octanol–water partition coefficient (Wildman–Crippen LogP) is 1.42. The van der Waals surface area contributed by atoms with E-state index in [1.165, 1.54) is 25.9 Å². The third-order valence-electron chi connectivity index (χ3n) is 5.19. The van der Waals surface area contributed by atoms with Gasteiger partial charge in [-0.25, -0.2) is 0 Å². The number of rotatable bonds is 5. The van der Waals surface area contributed by atoms with Crippen molar-refractivity contribution in [2.45, 2.75) is 45.3 Å². The van der Waals surface area contributed by atoms with E-state index in [1.807, 2.05) is 7.05 Å². The molecule has 6 nitrogen and oxygen atoms in total. The van der Waals surface area contributed by atoms with E-state index in [0.717, 1.165) is 38.1 Å². The van der Waals surface area contributed by atoms with Crippen molar-refractivity contribution in [3.8, 4) is 0 Å². The number of piperidine rings is 1. The first-order chi connectivity index (χ1) is 11.5. The minimum absolute atomic E-state index is 0.123. The van der Waals surface area contributed by atoms with Crippen molar-refractivity contribution < 1.29 is 9.47 Å². The lowest BCUT2D eigenvalue weighted by Crippen LogP contribution is -2.58. The third kappa shape index (κ3) is 5.33. The standard InChI is InChI=1S/C18H36N4O2/c1-15-7-6-8-22(11-15)18(2,3)14-20-17(19-4)21-9-10-24-16(12-21)13-23-5/h15-16H,6-14H2,1-5H3,(H,19,20). The molecule has 0 aliphatic carbocycles. The number of ether oxygens (including phenoxy) is 2. The highest BCUT2D eigenvalue weighted by atomic mass is 16.5. The minimum Gasteiger partial charge on any atom is -0.382 e. The van der Waals surface area contributed by atoms with Gasteiger partial charge in [-0.3, -0.25) is 9.89 Å². The molecule has 0 radical (unpaired) electrons. The van der Waals surface area contributed by atoms with Crippen LogP contribution in [0.15, 0.2) is 4.99 Å². The molecule has 0 spiro atoms. The first-order valence-electron chi connectivity index (χ1n) is 9.27. The number of hydrogen-bond donors (Lipinski definition) is 1. The number of likely N-dealkylation sites (tertiary alicyclic amines) is 1. The Balaban J connectivity index is 1.88. The van der Waals surface area contributed by atoms with Gasteiger partial charge in [0.25, 0.3) is 0 Å². The molecule has 24 heavy (non-hydrogen) atoms. The fourth-order valence-corrected chi connectivity index (χ4v) is 3.68. The van der Waals surface area contributed by atoms with Crippen molar-refractivity contribution in [1.82, 2.24) is 15.1 Å². The van der Waals surface area contributed by atoms with Crippen molar-refractivity contribution in [2.75, 3.05) is 60.1 Å². The lowest BCUT2D eigenvalue weighted by molar-refractivity contribution is -0.0449. The van der Waals surface area contributed by atoms with E-state index in [-0.39, 0.29) is 11.6 Å². The van der Waals surface area contributed by atoms with Gasteiger partial charge in [0, 0.05) is 45.9 Å². The molecule has 6 heteroatoms. The fourth-order valence-electron chi connectivity index (χ4n) is 3.68. The van der Waals surface area contributed by atoms with Crippen LogP contribution in [0.25, 0.3) is 0 Å². The maximum atomic E-state index is 5.74. The van der Waals surface area contributed by atoms with Gasteiger partial charge < -0.3 is 19.7 Å². The number of nitrogens with zero attached hydrogens (tertiary/aromatic N) is 3. The van der Waals surface area contributed by atoms with Crippen LogP contribution in [0.2, 0.25) is 0 Å². The van der Waals surface area contributed by atoms with Gasteiger partial charge in [-0.2, -0.15) is 0 Å². The molecule has 0 aromatic carbocycles.